The Morgan fingerprint density at radius 2 is 1.73 bits per heavy atom. The van der Waals surface area contributed by atoms with E-state index in [0.29, 0.717) is 30.6 Å². The number of carbonyl (C=O) groups is 2. The van der Waals surface area contributed by atoms with Gasteiger partial charge in [-0.3, -0.25) is 19.4 Å². The Morgan fingerprint density at radius 3 is 2.36 bits per heavy atom. The van der Waals surface area contributed by atoms with Crippen molar-refractivity contribution in [3.8, 4) is 5.75 Å². The summed E-state index contributed by atoms with van der Waals surface area (Å²) in [5.41, 5.74) is 6.41. The number of hydrogen-bond acceptors (Lipinski definition) is 7. The van der Waals surface area contributed by atoms with Gasteiger partial charge in [-0.15, -0.1) is 0 Å². The van der Waals surface area contributed by atoms with Crippen LogP contribution in [-0.2, 0) is 20.9 Å². The van der Waals surface area contributed by atoms with Crippen molar-refractivity contribution in [3.05, 3.63) is 81.4 Å². The molecular weight excluding hydrogens is 568 g/mol. The van der Waals surface area contributed by atoms with Gasteiger partial charge in [0.1, 0.15) is 5.75 Å². The number of methoxy groups -OCH3 is 1. The highest BCUT2D eigenvalue weighted by Gasteiger charge is 2.56. The number of fused-ring (bicyclic) bond motifs is 1. The average Bonchev–Trinajstić information content (AvgIpc) is 3.27. The van der Waals surface area contributed by atoms with Crippen LogP contribution in [0, 0.1) is 31.6 Å². The third-order valence-electron chi connectivity index (χ3n) is 10.0. The molecule has 3 aliphatic rings. The minimum Gasteiger partial charge on any atom is -0.507 e. The Bertz CT molecular complexity index is 1420. The zero-order chi connectivity index (χ0) is 32.2. The summed E-state index contributed by atoms with van der Waals surface area (Å²) in [6, 6.07) is 14.0. The smallest absolute Gasteiger partial charge is 0.234 e. The predicted molar refractivity (Wildman–Crippen MR) is 174 cm³/mol. The first-order valence-corrected chi connectivity index (χ1v) is 16.2. The third-order valence-corrected chi connectivity index (χ3v) is 10.0. The van der Waals surface area contributed by atoms with Gasteiger partial charge >= 0.3 is 0 Å². The fraction of sp³-hybridized carbons (Fsp3) is 0.514. The molecule has 2 aromatic rings. The first-order valence-electron chi connectivity index (χ1n) is 16.2. The number of imide groups is 1. The van der Waals surface area contributed by atoms with Crippen molar-refractivity contribution in [2.24, 2.45) is 17.8 Å². The van der Waals surface area contributed by atoms with Gasteiger partial charge in [-0.2, -0.15) is 0 Å². The lowest BCUT2D eigenvalue weighted by atomic mass is 9.68. The van der Waals surface area contributed by atoms with E-state index in [1.54, 1.807) is 7.11 Å². The number of benzene rings is 2. The van der Waals surface area contributed by atoms with Crippen LogP contribution < -0.4 is 0 Å². The fourth-order valence-corrected chi connectivity index (χ4v) is 7.78. The number of rotatable bonds is 11. The molecule has 5 rings (SSSR count). The maximum Gasteiger partial charge on any atom is 0.234 e. The first kappa shape index (κ1) is 33.1. The van der Waals surface area contributed by atoms with Crippen molar-refractivity contribution in [1.82, 2.24) is 9.80 Å². The molecule has 2 heterocycles. The van der Waals surface area contributed by atoms with E-state index < -0.39 is 23.9 Å². The Morgan fingerprint density at radius 1 is 1.07 bits per heavy atom. The molecule has 2 aromatic carbocycles. The molecule has 8 heteroatoms. The molecular formula is C37H48N2O6. The maximum absolute atomic E-state index is 14.0. The number of likely N-dealkylation sites (tertiary alicyclic amines) is 2. The number of aryl methyl sites for hydroxylation is 2. The molecule has 0 radical (unpaired) electrons. The summed E-state index contributed by atoms with van der Waals surface area (Å²) in [7, 11) is 1.59. The van der Waals surface area contributed by atoms with Crippen molar-refractivity contribution in [2.45, 2.75) is 71.6 Å². The average molecular weight is 617 g/mol. The minimum atomic E-state index is -0.877. The van der Waals surface area contributed by atoms with Crippen LogP contribution in [-0.4, -0.2) is 82.5 Å². The second-order valence-corrected chi connectivity index (χ2v) is 13.2. The highest BCUT2D eigenvalue weighted by Crippen LogP contribution is 2.47. The third kappa shape index (κ3) is 7.09. The monoisotopic (exact) mass is 616 g/mol. The topological polar surface area (TPSA) is 111 Å². The van der Waals surface area contributed by atoms with Gasteiger partial charge in [0, 0.05) is 38.7 Å². The van der Waals surface area contributed by atoms with Crippen LogP contribution in [0.4, 0.5) is 0 Å². The summed E-state index contributed by atoms with van der Waals surface area (Å²) in [5.74, 6) is -1.90. The second kappa shape index (κ2) is 14.4. The van der Waals surface area contributed by atoms with Crippen LogP contribution >= 0.6 is 0 Å². The highest BCUT2D eigenvalue weighted by atomic mass is 16.5. The van der Waals surface area contributed by atoms with Gasteiger partial charge in [-0.1, -0.05) is 42.0 Å². The van der Waals surface area contributed by atoms with E-state index in [1.807, 2.05) is 51.1 Å². The van der Waals surface area contributed by atoms with E-state index in [4.69, 9.17) is 4.74 Å². The summed E-state index contributed by atoms with van der Waals surface area (Å²) in [4.78, 5) is 31.7. The number of hydrogen-bond donors (Lipinski definition) is 3. The van der Waals surface area contributed by atoms with E-state index in [0.717, 1.165) is 60.3 Å². The number of phenolic OH excluding ortho intramolecular Hbond substituents is 1. The van der Waals surface area contributed by atoms with Crippen LogP contribution in [0.5, 0.6) is 5.75 Å². The Balaban J connectivity index is 1.28. The van der Waals surface area contributed by atoms with Crippen molar-refractivity contribution < 1.29 is 29.6 Å². The number of phenols is 1. The normalized spacial score (nSPS) is 24.0. The van der Waals surface area contributed by atoms with Gasteiger partial charge in [0.25, 0.3) is 0 Å². The Kier molecular flexibility index (Phi) is 10.6. The van der Waals surface area contributed by atoms with E-state index >= 15 is 0 Å². The molecule has 45 heavy (non-hydrogen) atoms. The molecule has 2 aliphatic heterocycles. The van der Waals surface area contributed by atoms with Crippen molar-refractivity contribution >= 4 is 17.9 Å². The molecule has 242 valence electrons. The van der Waals surface area contributed by atoms with Crippen molar-refractivity contribution in [2.75, 3.05) is 33.4 Å². The SMILES string of the molecule is COCC1=C([C@H](O)CC/C(C)=C/c2cc(C)c(O)c(C)c2)[C@H](CO)[C@@H]2C(=O)N(C3CCN(Cc4ccccc4)CC3)C(=O)[C@@H]2C1. The quantitative estimate of drug-likeness (QED) is 0.246. The number of nitrogens with zero attached hydrogens (tertiary/aromatic N) is 2. The van der Waals surface area contributed by atoms with E-state index in [1.165, 1.54) is 10.5 Å². The standard InChI is InChI=1S/C37H48N2O6/c1-23(16-27-17-24(2)35(42)25(3)18-27)10-11-32(41)33-28(22-45-4)19-30-34(31(33)21-40)37(44)39(36(30)43)29-12-14-38(15-13-29)20-26-8-6-5-7-9-26/h5-9,16-18,29-32,34,40-42H,10-15,19-22H2,1-4H3/b23-16+/t30-,31+,32-,34-/m1/s1. The largest absolute Gasteiger partial charge is 0.507 e. The van der Waals surface area contributed by atoms with Crippen LogP contribution in [0.3, 0.4) is 0 Å². The Hall–Kier alpha value is -3.30. The van der Waals surface area contributed by atoms with Gasteiger partial charge in [0.2, 0.25) is 11.8 Å². The molecule has 0 saturated carbocycles. The molecule has 0 bridgehead atoms. The molecule has 2 saturated heterocycles. The molecule has 2 fully saturated rings. The van der Waals surface area contributed by atoms with Gasteiger partial charge in [0.05, 0.1) is 31.2 Å². The second-order valence-electron chi connectivity index (χ2n) is 13.2. The number of allylic oxidation sites excluding steroid dienone is 1. The van der Waals surface area contributed by atoms with E-state index in [2.05, 4.69) is 23.1 Å². The van der Waals surface area contributed by atoms with Gasteiger partial charge in [0.15, 0.2) is 0 Å². The van der Waals surface area contributed by atoms with Crippen molar-refractivity contribution in [1.29, 1.82) is 0 Å². The number of aliphatic hydroxyl groups is 2. The van der Waals surface area contributed by atoms with Crippen LogP contribution in [0.25, 0.3) is 6.08 Å². The molecule has 1 aliphatic carbocycles. The van der Waals surface area contributed by atoms with Crippen LogP contribution in [0.15, 0.2) is 59.2 Å². The summed E-state index contributed by atoms with van der Waals surface area (Å²) < 4.78 is 5.51. The van der Waals surface area contributed by atoms with E-state index in [9.17, 15) is 24.9 Å². The number of carbonyl (C=O) groups excluding carboxylic acids is 2. The lowest BCUT2D eigenvalue weighted by molar-refractivity contribution is -0.144. The van der Waals surface area contributed by atoms with Gasteiger partial charge in [-0.05, 0) is 98.4 Å². The molecule has 4 atom stereocenters. The lowest BCUT2D eigenvalue weighted by Gasteiger charge is -2.37. The van der Waals surface area contributed by atoms with Crippen molar-refractivity contribution in [3.63, 3.8) is 0 Å². The highest BCUT2D eigenvalue weighted by molar-refractivity contribution is 6.06. The Labute approximate surface area is 267 Å². The number of aromatic hydroxyl groups is 1. The lowest BCUT2D eigenvalue weighted by Crippen LogP contribution is -2.47. The molecule has 0 aromatic heterocycles. The number of amides is 2. The fourth-order valence-electron chi connectivity index (χ4n) is 7.78. The molecule has 3 N–H and O–H groups in total. The molecule has 0 unspecified atom stereocenters. The number of ether oxygens (including phenoxy) is 1. The van der Waals surface area contributed by atoms with Gasteiger partial charge in [-0.25, -0.2) is 0 Å². The molecule has 0 spiro atoms. The number of piperidine rings is 1. The maximum atomic E-state index is 14.0. The first-order chi connectivity index (χ1) is 21.6. The van der Waals surface area contributed by atoms with Crippen LogP contribution in [0.2, 0.25) is 0 Å². The predicted octanol–water partition coefficient (Wildman–Crippen LogP) is 4.77. The summed E-state index contributed by atoms with van der Waals surface area (Å²) in [6.45, 7) is 8.15. The summed E-state index contributed by atoms with van der Waals surface area (Å²) in [5, 5.41) is 32.3. The number of aliphatic hydroxyl groups excluding tert-OH is 2. The molecule has 8 nitrogen and oxygen atoms in total. The molecule has 2 amide bonds. The summed E-state index contributed by atoms with van der Waals surface area (Å²) in [6.07, 6.45) is 4.02. The zero-order valence-corrected chi connectivity index (χ0v) is 27.0. The minimum absolute atomic E-state index is 0.148. The van der Waals surface area contributed by atoms with Crippen LogP contribution in [0.1, 0.15) is 61.3 Å². The van der Waals surface area contributed by atoms with Gasteiger partial charge < -0.3 is 20.1 Å². The van der Waals surface area contributed by atoms with E-state index in [-0.39, 0.29) is 31.1 Å². The summed E-state index contributed by atoms with van der Waals surface area (Å²) >= 11 is 0. The zero-order valence-electron chi connectivity index (χ0n) is 27.0.